The SMILES string of the molecule is Nc1ccc2ncc(-c3cnn(C4CCCCO4)c3)cc2c1. The molecule has 0 saturated carbocycles. The molecule has 0 amide bonds. The Balaban J connectivity index is 1.68. The fourth-order valence-corrected chi connectivity index (χ4v) is 2.88. The number of nitrogens with zero attached hydrogens (tertiary/aromatic N) is 3. The average molecular weight is 294 g/mol. The Morgan fingerprint density at radius 2 is 2.09 bits per heavy atom. The highest BCUT2D eigenvalue weighted by Crippen LogP contribution is 2.27. The van der Waals surface area contributed by atoms with Gasteiger partial charge < -0.3 is 10.5 Å². The summed E-state index contributed by atoms with van der Waals surface area (Å²) in [5.41, 5.74) is 9.64. The van der Waals surface area contributed by atoms with E-state index in [0.29, 0.717) is 0 Å². The van der Waals surface area contributed by atoms with E-state index < -0.39 is 0 Å². The molecule has 4 rings (SSSR count). The topological polar surface area (TPSA) is 66.0 Å². The van der Waals surface area contributed by atoms with Gasteiger partial charge in [-0.15, -0.1) is 0 Å². The molecule has 0 radical (unpaired) electrons. The minimum absolute atomic E-state index is 0.0616. The largest absolute Gasteiger partial charge is 0.399 e. The summed E-state index contributed by atoms with van der Waals surface area (Å²) in [7, 11) is 0. The van der Waals surface area contributed by atoms with Crippen molar-refractivity contribution in [2.45, 2.75) is 25.5 Å². The van der Waals surface area contributed by atoms with Gasteiger partial charge in [0.2, 0.25) is 0 Å². The van der Waals surface area contributed by atoms with Gasteiger partial charge in [-0.25, -0.2) is 4.68 Å². The van der Waals surface area contributed by atoms with Gasteiger partial charge in [-0.3, -0.25) is 4.98 Å². The number of pyridine rings is 1. The third-order valence-electron chi connectivity index (χ3n) is 4.09. The first-order valence-corrected chi connectivity index (χ1v) is 7.61. The second kappa shape index (κ2) is 5.42. The fraction of sp³-hybridized carbons (Fsp3) is 0.294. The van der Waals surface area contributed by atoms with Crippen LogP contribution in [0.1, 0.15) is 25.5 Å². The predicted molar refractivity (Wildman–Crippen MR) is 86.2 cm³/mol. The maximum Gasteiger partial charge on any atom is 0.150 e. The van der Waals surface area contributed by atoms with Crippen LogP contribution in [0.2, 0.25) is 0 Å². The van der Waals surface area contributed by atoms with Gasteiger partial charge in [-0.2, -0.15) is 5.10 Å². The lowest BCUT2D eigenvalue weighted by Crippen LogP contribution is -2.18. The predicted octanol–water partition coefficient (Wildman–Crippen LogP) is 3.38. The van der Waals surface area contributed by atoms with Crippen LogP contribution in [-0.2, 0) is 4.74 Å². The maximum absolute atomic E-state index is 5.85. The Morgan fingerprint density at radius 3 is 2.95 bits per heavy atom. The summed E-state index contributed by atoms with van der Waals surface area (Å²) in [5.74, 6) is 0. The van der Waals surface area contributed by atoms with E-state index in [9.17, 15) is 0 Å². The summed E-state index contributed by atoms with van der Waals surface area (Å²) in [6.07, 6.45) is 9.19. The molecule has 1 aliphatic rings. The molecule has 2 aromatic heterocycles. The maximum atomic E-state index is 5.85. The molecule has 0 aliphatic carbocycles. The molecule has 2 N–H and O–H groups in total. The van der Waals surface area contributed by atoms with E-state index in [2.05, 4.69) is 16.1 Å². The number of hydrogen-bond donors (Lipinski definition) is 1. The number of anilines is 1. The first-order chi connectivity index (χ1) is 10.8. The van der Waals surface area contributed by atoms with E-state index in [0.717, 1.165) is 47.2 Å². The summed E-state index contributed by atoms with van der Waals surface area (Å²) in [6.45, 7) is 0.816. The average Bonchev–Trinajstić information content (AvgIpc) is 3.05. The van der Waals surface area contributed by atoms with Gasteiger partial charge in [0, 0.05) is 41.2 Å². The molecule has 1 unspecified atom stereocenters. The second-order valence-electron chi connectivity index (χ2n) is 5.71. The molecule has 1 aromatic carbocycles. The number of ether oxygens (including phenoxy) is 1. The summed E-state index contributed by atoms with van der Waals surface area (Å²) in [6, 6.07) is 7.85. The van der Waals surface area contributed by atoms with Gasteiger partial charge in [0.1, 0.15) is 6.23 Å². The lowest BCUT2D eigenvalue weighted by Gasteiger charge is -2.22. The van der Waals surface area contributed by atoms with Crippen molar-refractivity contribution in [2.24, 2.45) is 0 Å². The van der Waals surface area contributed by atoms with E-state index >= 15 is 0 Å². The molecule has 22 heavy (non-hydrogen) atoms. The third kappa shape index (κ3) is 2.44. The number of fused-ring (bicyclic) bond motifs is 1. The molecule has 3 heterocycles. The molecule has 1 saturated heterocycles. The highest BCUT2D eigenvalue weighted by Gasteiger charge is 2.16. The Hall–Kier alpha value is -2.40. The number of nitrogen functional groups attached to an aromatic ring is 1. The van der Waals surface area contributed by atoms with Crippen molar-refractivity contribution in [2.75, 3.05) is 12.3 Å². The number of aromatic nitrogens is 3. The molecule has 112 valence electrons. The van der Waals surface area contributed by atoms with Crippen LogP contribution < -0.4 is 5.73 Å². The fourth-order valence-electron chi connectivity index (χ4n) is 2.88. The smallest absolute Gasteiger partial charge is 0.150 e. The minimum atomic E-state index is 0.0616. The first-order valence-electron chi connectivity index (χ1n) is 7.61. The van der Waals surface area contributed by atoms with Gasteiger partial charge in [0.15, 0.2) is 0 Å². The number of benzene rings is 1. The molecule has 0 spiro atoms. The van der Waals surface area contributed by atoms with Gasteiger partial charge in [0.05, 0.1) is 11.7 Å². The standard InChI is InChI=1S/C17H18N4O/c18-15-4-5-16-12(8-15)7-13(9-19-16)14-10-20-21(11-14)17-3-1-2-6-22-17/h4-5,7-11,17H,1-3,6,18H2. The molecule has 1 atom stereocenters. The highest BCUT2D eigenvalue weighted by molar-refractivity contribution is 5.85. The Kier molecular flexibility index (Phi) is 3.27. The van der Waals surface area contributed by atoms with E-state index in [4.69, 9.17) is 10.5 Å². The lowest BCUT2D eigenvalue weighted by molar-refractivity contribution is -0.0394. The molecule has 3 aromatic rings. The van der Waals surface area contributed by atoms with E-state index in [-0.39, 0.29) is 6.23 Å². The quantitative estimate of drug-likeness (QED) is 0.736. The van der Waals surface area contributed by atoms with Crippen molar-refractivity contribution < 1.29 is 4.74 Å². The third-order valence-corrected chi connectivity index (χ3v) is 4.09. The van der Waals surface area contributed by atoms with E-state index in [1.807, 2.05) is 41.5 Å². The van der Waals surface area contributed by atoms with Crippen molar-refractivity contribution >= 4 is 16.6 Å². The first kappa shape index (κ1) is 13.3. The molecule has 1 fully saturated rings. The normalized spacial score (nSPS) is 18.6. The summed E-state index contributed by atoms with van der Waals surface area (Å²) >= 11 is 0. The van der Waals surface area contributed by atoms with Crippen LogP contribution in [0.15, 0.2) is 42.9 Å². The summed E-state index contributed by atoms with van der Waals surface area (Å²) < 4.78 is 7.68. The van der Waals surface area contributed by atoms with Crippen molar-refractivity contribution in [3.05, 3.63) is 42.9 Å². The molecular formula is C17H18N4O. The Morgan fingerprint density at radius 1 is 1.14 bits per heavy atom. The molecule has 1 aliphatic heterocycles. The van der Waals surface area contributed by atoms with Crippen LogP contribution in [0.25, 0.3) is 22.0 Å². The number of hydrogen-bond acceptors (Lipinski definition) is 4. The molecule has 0 bridgehead atoms. The van der Waals surface area contributed by atoms with Gasteiger partial charge in [-0.05, 0) is 43.5 Å². The van der Waals surface area contributed by atoms with Gasteiger partial charge in [0.25, 0.3) is 0 Å². The summed E-state index contributed by atoms with van der Waals surface area (Å²) in [4.78, 5) is 4.50. The Bertz CT molecular complexity index is 805. The van der Waals surface area contributed by atoms with Gasteiger partial charge >= 0.3 is 0 Å². The summed E-state index contributed by atoms with van der Waals surface area (Å²) in [5, 5.41) is 5.49. The number of nitrogens with two attached hydrogens (primary N) is 1. The Labute approximate surface area is 128 Å². The number of rotatable bonds is 2. The van der Waals surface area contributed by atoms with Crippen molar-refractivity contribution in [3.8, 4) is 11.1 Å². The molecule has 5 nitrogen and oxygen atoms in total. The van der Waals surface area contributed by atoms with Crippen LogP contribution in [-0.4, -0.2) is 21.4 Å². The van der Waals surface area contributed by atoms with Crippen LogP contribution >= 0.6 is 0 Å². The lowest BCUT2D eigenvalue weighted by atomic mass is 10.1. The zero-order chi connectivity index (χ0) is 14.9. The molecule has 5 heteroatoms. The van der Waals surface area contributed by atoms with Gasteiger partial charge in [-0.1, -0.05) is 0 Å². The van der Waals surface area contributed by atoms with Crippen LogP contribution in [0.3, 0.4) is 0 Å². The zero-order valence-corrected chi connectivity index (χ0v) is 12.3. The van der Waals surface area contributed by atoms with Crippen LogP contribution in [0.4, 0.5) is 5.69 Å². The van der Waals surface area contributed by atoms with Crippen LogP contribution in [0.5, 0.6) is 0 Å². The minimum Gasteiger partial charge on any atom is -0.399 e. The van der Waals surface area contributed by atoms with E-state index in [1.54, 1.807) is 0 Å². The van der Waals surface area contributed by atoms with Crippen LogP contribution in [0, 0.1) is 0 Å². The van der Waals surface area contributed by atoms with Crippen molar-refractivity contribution in [1.29, 1.82) is 0 Å². The second-order valence-corrected chi connectivity index (χ2v) is 5.71. The van der Waals surface area contributed by atoms with E-state index in [1.165, 1.54) is 6.42 Å². The monoisotopic (exact) mass is 294 g/mol. The zero-order valence-electron chi connectivity index (χ0n) is 12.3. The highest BCUT2D eigenvalue weighted by atomic mass is 16.5. The van der Waals surface area contributed by atoms with Crippen molar-refractivity contribution in [1.82, 2.24) is 14.8 Å². The van der Waals surface area contributed by atoms with Crippen molar-refractivity contribution in [3.63, 3.8) is 0 Å². The molecular weight excluding hydrogens is 276 g/mol.